The summed E-state index contributed by atoms with van der Waals surface area (Å²) in [5.41, 5.74) is 0. The van der Waals surface area contributed by atoms with Crippen LogP contribution in [0.15, 0.2) is 0 Å². The largest absolute Gasteiger partial charge is 6.00 e. The second kappa shape index (κ2) is 26.4. The van der Waals surface area contributed by atoms with Gasteiger partial charge in [-0.15, -0.1) is 0 Å². The quantitative estimate of drug-likeness (QED) is 0.612. The molecule has 0 saturated carbocycles. The molecule has 0 aromatic carbocycles. The number of nitrogens with two attached hydrogens (primary N) is 3. The molecule has 0 fully saturated rings. The van der Waals surface area contributed by atoms with Gasteiger partial charge in [0.25, 0.3) is 0 Å². The third-order valence-corrected chi connectivity index (χ3v) is 0. The van der Waals surface area contributed by atoms with Gasteiger partial charge < -0.3 is 41.2 Å². The van der Waals surface area contributed by atoms with Crippen LogP contribution in [0.4, 0.5) is 0 Å². The van der Waals surface area contributed by atoms with E-state index >= 15 is 0 Å². The van der Waals surface area contributed by atoms with E-state index < -0.39 is 0 Å². The van der Waals surface area contributed by atoms with Crippen molar-refractivity contribution in [1.82, 2.24) is 5.23 Å². The molecule has 0 spiro atoms. The molecule has 0 aromatic rings. The molecular weight excluding hydrogens is 288 g/mol. The third-order valence-electron chi connectivity index (χ3n) is 0. The fourth-order valence-corrected chi connectivity index (χ4v) is 0. The molecule has 9 N–H and O–H groups in total. The Bertz CT molecular complexity index is 9.10. The summed E-state index contributed by atoms with van der Waals surface area (Å²) in [5.74, 6) is 17.2. The molecule has 0 bridgehead atoms. The summed E-state index contributed by atoms with van der Waals surface area (Å²) < 4.78 is 0. The van der Waals surface area contributed by atoms with Crippen LogP contribution in [0.2, 0.25) is 0 Å². The van der Waals surface area contributed by atoms with Gasteiger partial charge in [-0.2, -0.15) is 0 Å². The summed E-state index contributed by atoms with van der Waals surface area (Å²) in [4.78, 5) is 0. The molecule has 0 saturated heterocycles. The van der Waals surface area contributed by atoms with Gasteiger partial charge in [0.1, 0.15) is 0 Å². The number of nitrogens with one attached hydrogen (secondary N) is 3. The van der Waals surface area contributed by atoms with Crippen molar-refractivity contribution >= 4 is 0 Å². The summed E-state index contributed by atoms with van der Waals surface area (Å²) in [6.07, 6.45) is 0. The fourth-order valence-electron chi connectivity index (χ4n) is 0. The molecule has 0 radical (unpaired) electrons. The Kier molecular flexibility index (Phi) is 132. The van der Waals surface area contributed by atoms with Crippen molar-refractivity contribution in [3.63, 3.8) is 0 Å². The van der Waals surface area contributed by atoms with Gasteiger partial charge in [-0.05, 0) is 0 Å². The fraction of sp³-hybridized carbons (Fsp3) is 0. The molecule has 8 heavy (non-hydrogen) atoms. The van der Waals surface area contributed by atoms with E-state index in [9.17, 15) is 0 Å². The van der Waals surface area contributed by atoms with Crippen molar-refractivity contribution in [1.29, 1.82) is 0 Å². The van der Waals surface area contributed by atoms with Gasteiger partial charge in [-0.3, -0.25) is 0 Å². The van der Waals surface area contributed by atoms with Crippen LogP contribution in [-0.4, -0.2) is 5.23 Å². The third kappa shape index (κ3) is 1440. The van der Waals surface area contributed by atoms with E-state index in [1.165, 1.54) is 0 Å². The summed E-state index contributed by atoms with van der Waals surface area (Å²) >= 11 is 0. The first-order valence-electron chi connectivity index (χ1n) is 0.671. The molecular formula is H9N7Os. The van der Waals surface area contributed by atoms with Gasteiger partial charge in [-0.1, -0.05) is 0 Å². The van der Waals surface area contributed by atoms with Crippen molar-refractivity contribution in [2.75, 3.05) is 0 Å². The average Bonchev–Trinajstić information content (AvgIpc) is 0.811. The van der Waals surface area contributed by atoms with E-state index in [0.717, 1.165) is 0 Å². The predicted molar refractivity (Wildman–Crippen MR) is 30.7 cm³/mol. The molecule has 0 aliphatic carbocycles. The number of hydrogen-bond acceptors (Lipinski definition) is 1. The first-order valence-corrected chi connectivity index (χ1v) is 0.671. The van der Waals surface area contributed by atoms with Crippen molar-refractivity contribution < 1.29 is 19.8 Å². The zero-order valence-corrected chi connectivity index (χ0v) is 6.57. The molecule has 0 aliphatic heterocycles. The number of nitrogens with zero attached hydrogens (tertiary/aromatic N) is 1. The van der Waals surface area contributed by atoms with Gasteiger partial charge in [0.2, 0.25) is 0 Å². The zero-order chi connectivity index (χ0) is 3.58. The predicted octanol–water partition coefficient (Wildman–Crippen LogP) is 3.34. The normalized spacial score (nSPS) is 4.50. The molecule has 0 rings (SSSR count). The Hall–Kier alpha value is 0.356. The minimum atomic E-state index is -0.250. The molecule has 0 unspecified atom stereocenters. The maximum absolute atomic E-state index is 5.75. The van der Waals surface area contributed by atoms with Crippen LogP contribution in [0, 0.1) is 0 Å². The van der Waals surface area contributed by atoms with E-state index in [2.05, 4.69) is 0 Å². The summed E-state index contributed by atoms with van der Waals surface area (Å²) in [5, 5.41) is -0.250. The van der Waals surface area contributed by atoms with Crippen LogP contribution in [0.25, 0.3) is 36.0 Å². The van der Waals surface area contributed by atoms with E-state index in [-0.39, 0.29) is 43.5 Å². The Morgan fingerprint density at radius 1 is 0.750 bits per heavy atom. The van der Waals surface area contributed by atoms with Crippen LogP contribution < -0.4 is 0 Å². The van der Waals surface area contributed by atoms with Crippen molar-refractivity contribution in [2.45, 2.75) is 0 Å². The minimum Gasteiger partial charge on any atom is -0.693 e. The van der Waals surface area contributed by atoms with Crippen molar-refractivity contribution in [3.05, 3.63) is 36.0 Å². The second-order valence-electron chi connectivity index (χ2n) is 0.335. The van der Waals surface area contributed by atoms with E-state index in [4.69, 9.17) is 17.5 Å². The van der Waals surface area contributed by atoms with Crippen LogP contribution in [0.5, 0.6) is 0 Å². The number of rotatable bonds is 0. The first kappa shape index (κ1) is 40.1. The molecule has 0 atom stereocenters. The molecule has 0 heterocycles. The monoisotopic (exact) mass is 299 g/mol. The molecule has 8 heteroatoms. The minimum absolute atomic E-state index is 0. The summed E-state index contributed by atoms with van der Waals surface area (Å²) in [7, 11) is 0. The van der Waals surface area contributed by atoms with Gasteiger partial charge in [0, 0.05) is 0 Å². The van der Waals surface area contributed by atoms with Crippen molar-refractivity contribution in [2.24, 2.45) is 0 Å². The second-order valence-corrected chi connectivity index (χ2v) is 0.335. The van der Waals surface area contributed by atoms with E-state index in [1.54, 1.807) is 0 Å². The average molecular weight is 297 g/mol. The van der Waals surface area contributed by atoms with E-state index in [0.29, 0.717) is 0 Å². The van der Waals surface area contributed by atoms with Gasteiger partial charge in [0.15, 0.2) is 0 Å². The van der Waals surface area contributed by atoms with Crippen LogP contribution in [0.1, 0.15) is 0 Å². The maximum atomic E-state index is 5.75. The summed E-state index contributed by atoms with van der Waals surface area (Å²) in [6, 6.07) is 0. The summed E-state index contributed by atoms with van der Waals surface area (Å²) in [6.45, 7) is 0. The van der Waals surface area contributed by atoms with Crippen LogP contribution in [-0.2, 0) is 19.8 Å². The smallest absolute Gasteiger partial charge is 0.693 e. The SMILES string of the molecule is [NH-]N([NH-])[NH-].[NH2-].[NH2-].[NH2-].[Os+6]. The molecule has 52 valence electrons. The number of hydrogen-bond donors (Lipinski definition) is 0. The first-order chi connectivity index (χ1) is 1.73. The Labute approximate surface area is 61.7 Å². The van der Waals surface area contributed by atoms with Crippen LogP contribution >= 0.6 is 0 Å². The van der Waals surface area contributed by atoms with Gasteiger partial charge in [-0.25, -0.2) is 0 Å². The molecule has 7 nitrogen and oxygen atoms in total. The van der Waals surface area contributed by atoms with Crippen molar-refractivity contribution in [3.8, 4) is 0 Å². The Balaban J connectivity index is -0.00000000750. The Morgan fingerprint density at radius 3 is 0.750 bits per heavy atom. The standard InChI is InChI=1S/H3N4.3H2N.Os/c1-4(2)3;;;;/h1-3H;3*1H2;/q-3;3*-1;+6. The molecule has 0 aliphatic rings. The molecule has 0 amide bonds. The molecule has 0 aromatic heterocycles. The zero-order valence-electron chi connectivity index (χ0n) is 4.03. The topological polar surface area (TPSA) is 175 Å². The van der Waals surface area contributed by atoms with Gasteiger partial charge >= 0.3 is 19.8 Å². The van der Waals surface area contributed by atoms with E-state index in [1.807, 2.05) is 0 Å². The van der Waals surface area contributed by atoms with Gasteiger partial charge in [0.05, 0.1) is 0 Å². The maximum Gasteiger partial charge on any atom is 6.00 e. The Morgan fingerprint density at radius 2 is 0.750 bits per heavy atom. The van der Waals surface area contributed by atoms with Crippen LogP contribution in [0.3, 0.4) is 0 Å².